The second-order valence-corrected chi connectivity index (χ2v) is 4.40. The van der Waals surface area contributed by atoms with Crippen LogP contribution in [-0.2, 0) is 6.54 Å². The van der Waals surface area contributed by atoms with Gasteiger partial charge in [-0.1, -0.05) is 6.92 Å². The molecule has 0 aliphatic rings. The minimum absolute atomic E-state index is 0.164. The summed E-state index contributed by atoms with van der Waals surface area (Å²) < 4.78 is 1.76. The summed E-state index contributed by atoms with van der Waals surface area (Å²) in [7, 11) is 0. The summed E-state index contributed by atoms with van der Waals surface area (Å²) in [4.78, 5) is 16.3. The van der Waals surface area contributed by atoms with Crippen LogP contribution in [0, 0.1) is 0 Å². The van der Waals surface area contributed by atoms with E-state index in [2.05, 4.69) is 27.6 Å². The monoisotopic (exact) mass is 273 g/mol. The molecule has 2 aromatic rings. The van der Waals surface area contributed by atoms with Crippen LogP contribution < -0.4 is 10.6 Å². The van der Waals surface area contributed by atoms with E-state index in [9.17, 15) is 4.79 Å². The fraction of sp³-hybridized carbons (Fsp3) is 0.357. The van der Waals surface area contributed by atoms with Crippen LogP contribution in [0.5, 0.6) is 0 Å². The van der Waals surface area contributed by atoms with Crippen molar-refractivity contribution in [2.75, 3.05) is 17.2 Å². The number of hydrogen-bond donors (Lipinski definition) is 2. The third-order valence-corrected chi connectivity index (χ3v) is 2.79. The molecule has 0 saturated carbocycles. The van der Waals surface area contributed by atoms with Gasteiger partial charge in [0.2, 0.25) is 0 Å². The highest BCUT2D eigenvalue weighted by Gasteiger charge is 2.08. The number of pyridine rings is 1. The summed E-state index contributed by atoms with van der Waals surface area (Å²) in [6.07, 6.45) is 6.07. The van der Waals surface area contributed by atoms with Gasteiger partial charge >= 0.3 is 0 Å². The molecule has 0 aliphatic carbocycles. The van der Waals surface area contributed by atoms with E-state index in [1.165, 1.54) is 0 Å². The molecule has 2 aromatic heterocycles. The number of carbonyl (C=O) groups excluding carboxylic acids is 1. The largest absolute Gasteiger partial charge is 0.370 e. The van der Waals surface area contributed by atoms with E-state index in [0.717, 1.165) is 19.5 Å². The zero-order valence-electron chi connectivity index (χ0n) is 11.8. The molecular formula is C14H19N5O. The van der Waals surface area contributed by atoms with Gasteiger partial charge in [-0.2, -0.15) is 5.10 Å². The van der Waals surface area contributed by atoms with Gasteiger partial charge in [-0.05, 0) is 25.5 Å². The van der Waals surface area contributed by atoms with Gasteiger partial charge in [0.1, 0.15) is 5.82 Å². The van der Waals surface area contributed by atoms with E-state index in [1.54, 1.807) is 35.4 Å². The second kappa shape index (κ2) is 6.70. The highest BCUT2D eigenvalue weighted by Crippen LogP contribution is 2.11. The molecule has 2 N–H and O–H groups in total. The molecule has 2 rings (SSSR count). The van der Waals surface area contributed by atoms with Crippen molar-refractivity contribution in [1.82, 2.24) is 14.8 Å². The fourth-order valence-corrected chi connectivity index (χ4v) is 1.73. The Morgan fingerprint density at radius 1 is 1.40 bits per heavy atom. The molecule has 0 aromatic carbocycles. The van der Waals surface area contributed by atoms with E-state index in [4.69, 9.17) is 0 Å². The van der Waals surface area contributed by atoms with Crippen LogP contribution in [-0.4, -0.2) is 27.2 Å². The number of anilines is 2. The summed E-state index contributed by atoms with van der Waals surface area (Å²) in [5.41, 5.74) is 1.26. The standard InChI is InChI=1S/C14H19N5O/c1-3-6-15-13-8-11(5-7-16-13)14(20)18-12-9-17-19(4-2)10-12/h5,7-10H,3-4,6H2,1-2H3,(H,15,16)(H,18,20). The fourth-order valence-electron chi connectivity index (χ4n) is 1.73. The summed E-state index contributed by atoms with van der Waals surface area (Å²) >= 11 is 0. The number of hydrogen-bond acceptors (Lipinski definition) is 4. The first-order chi connectivity index (χ1) is 9.72. The Labute approximate surface area is 118 Å². The van der Waals surface area contributed by atoms with Crippen molar-refractivity contribution in [2.24, 2.45) is 0 Å². The minimum Gasteiger partial charge on any atom is -0.370 e. The Morgan fingerprint density at radius 3 is 2.95 bits per heavy atom. The zero-order valence-corrected chi connectivity index (χ0v) is 11.8. The Bertz CT molecular complexity index is 578. The maximum absolute atomic E-state index is 12.1. The molecule has 6 heteroatoms. The van der Waals surface area contributed by atoms with Crippen LogP contribution in [0.25, 0.3) is 0 Å². The number of amides is 1. The molecule has 0 unspecified atom stereocenters. The van der Waals surface area contributed by atoms with Crippen molar-refractivity contribution in [2.45, 2.75) is 26.8 Å². The first-order valence-corrected chi connectivity index (χ1v) is 6.76. The van der Waals surface area contributed by atoms with Gasteiger partial charge in [0, 0.05) is 31.0 Å². The lowest BCUT2D eigenvalue weighted by molar-refractivity contribution is 0.102. The van der Waals surface area contributed by atoms with Gasteiger partial charge in [0.15, 0.2) is 0 Å². The SMILES string of the molecule is CCCNc1cc(C(=O)Nc2cnn(CC)c2)ccn1. The number of carbonyl (C=O) groups is 1. The van der Waals surface area contributed by atoms with Crippen molar-refractivity contribution < 1.29 is 4.79 Å². The van der Waals surface area contributed by atoms with E-state index in [1.807, 2.05) is 6.92 Å². The zero-order chi connectivity index (χ0) is 14.4. The van der Waals surface area contributed by atoms with Crippen LogP contribution in [0.15, 0.2) is 30.7 Å². The van der Waals surface area contributed by atoms with E-state index >= 15 is 0 Å². The van der Waals surface area contributed by atoms with Crippen molar-refractivity contribution >= 4 is 17.4 Å². The number of nitrogens with zero attached hydrogens (tertiary/aromatic N) is 3. The summed E-state index contributed by atoms with van der Waals surface area (Å²) in [6, 6.07) is 3.44. The molecule has 2 heterocycles. The molecule has 0 atom stereocenters. The molecule has 0 radical (unpaired) electrons. The van der Waals surface area contributed by atoms with Gasteiger partial charge in [-0.15, -0.1) is 0 Å². The molecule has 0 bridgehead atoms. The lowest BCUT2D eigenvalue weighted by Gasteiger charge is -2.06. The lowest BCUT2D eigenvalue weighted by Crippen LogP contribution is -2.12. The van der Waals surface area contributed by atoms with Crippen molar-refractivity contribution in [1.29, 1.82) is 0 Å². The number of nitrogens with one attached hydrogen (secondary N) is 2. The predicted molar refractivity (Wildman–Crippen MR) is 78.9 cm³/mol. The summed E-state index contributed by atoms with van der Waals surface area (Å²) in [6.45, 7) is 5.68. The number of rotatable bonds is 6. The smallest absolute Gasteiger partial charge is 0.255 e. The van der Waals surface area contributed by atoms with Gasteiger partial charge in [-0.3, -0.25) is 9.48 Å². The average molecular weight is 273 g/mol. The third kappa shape index (κ3) is 3.57. The molecule has 0 saturated heterocycles. The molecule has 106 valence electrons. The van der Waals surface area contributed by atoms with Gasteiger partial charge < -0.3 is 10.6 Å². The van der Waals surface area contributed by atoms with E-state index < -0.39 is 0 Å². The Morgan fingerprint density at radius 2 is 2.25 bits per heavy atom. The molecule has 6 nitrogen and oxygen atoms in total. The molecule has 0 fully saturated rings. The predicted octanol–water partition coefficient (Wildman–Crippen LogP) is 2.37. The Hall–Kier alpha value is -2.37. The van der Waals surface area contributed by atoms with Crippen LogP contribution in [0.4, 0.5) is 11.5 Å². The quantitative estimate of drug-likeness (QED) is 0.847. The van der Waals surface area contributed by atoms with E-state index in [0.29, 0.717) is 17.1 Å². The van der Waals surface area contributed by atoms with Crippen LogP contribution in [0.2, 0.25) is 0 Å². The lowest BCUT2D eigenvalue weighted by atomic mass is 10.2. The second-order valence-electron chi connectivity index (χ2n) is 4.40. The Balaban J connectivity index is 2.04. The first-order valence-electron chi connectivity index (χ1n) is 6.76. The van der Waals surface area contributed by atoms with E-state index in [-0.39, 0.29) is 5.91 Å². The van der Waals surface area contributed by atoms with Crippen LogP contribution in [0.1, 0.15) is 30.6 Å². The van der Waals surface area contributed by atoms with Gasteiger partial charge in [0.05, 0.1) is 11.9 Å². The summed E-state index contributed by atoms with van der Waals surface area (Å²) in [5.74, 6) is 0.548. The molecule has 1 amide bonds. The van der Waals surface area contributed by atoms with Crippen molar-refractivity contribution in [3.8, 4) is 0 Å². The van der Waals surface area contributed by atoms with Crippen molar-refractivity contribution in [3.05, 3.63) is 36.3 Å². The molecule has 0 spiro atoms. The summed E-state index contributed by atoms with van der Waals surface area (Å²) in [5, 5.41) is 10.1. The van der Waals surface area contributed by atoms with Crippen molar-refractivity contribution in [3.63, 3.8) is 0 Å². The topological polar surface area (TPSA) is 71.8 Å². The van der Waals surface area contributed by atoms with Crippen LogP contribution >= 0.6 is 0 Å². The van der Waals surface area contributed by atoms with Crippen LogP contribution in [0.3, 0.4) is 0 Å². The number of aromatic nitrogens is 3. The Kier molecular flexibility index (Phi) is 4.70. The highest BCUT2D eigenvalue weighted by atomic mass is 16.1. The molecule has 0 aliphatic heterocycles. The highest BCUT2D eigenvalue weighted by molar-refractivity contribution is 6.04. The maximum Gasteiger partial charge on any atom is 0.255 e. The third-order valence-electron chi connectivity index (χ3n) is 2.79. The van der Waals surface area contributed by atoms with Gasteiger partial charge in [-0.25, -0.2) is 4.98 Å². The normalized spacial score (nSPS) is 10.3. The average Bonchev–Trinajstić information content (AvgIpc) is 2.93. The first kappa shape index (κ1) is 14.0. The molecule has 20 heavy (non-hydrogen) atoms. The number of aryl methyl sites for hydroxylation is 1. The van der Waals surface area contributed by atoms with Gasteiger partial charge in [0.25, 0.3) is 5.91 Å². The molecular weight excluding hydrogens is 254 g/mol. The maximum atomic E-state index is 12.1. The minimum atomic E-state index is -0.164.